The average Bonchev–Trinajstić information content (AvgIpc) is 1.60. The van der Waals surface area contributed by atoms with Gasteiger partial charge in [0.1, 0.15) is 0 Å². The van der Waals surface area contributed by atoms with E-state index in [-0.39, 0.29) is 0 Å². The Morgan fingerprint density at radius 1 is 1.20 bits per heavy atom. The second-order valence-electron chi connectivity index (χ2n) is 4.18. The van der Waals surface area contributed by atoms with E-state index in [1.54, 1.807) is 0 Å². The normalized spacial score (nSPS) is 15.9. The van der Waals surface area contributed by atoms with Gasteiger partial charge in [0.15, 0.2) is 0 Å². The summed E-state index contributed by atoms with van der Waals surface area (Å²) in [6, 6.07) is 0. The third kappa shape index (κ3) is 3.89. The Labute approximate surface area is 64.5 Å². The maximum atomic E-state index is 9.54. The second kappa shape index (κ2) is 3.38. The number of rotatable bonds is 3. The molecular weight excluding hydrogens is 124 g/mol. The lowest BCUT2D eigenvalue weighted by atomic mass is 9.86. The van der Waals surface area contributed by atoms with Crippen molar-refractivity contribution >= 4 is 0 Å². The van der Waals surface area contributed by atoms with Crippen LogP contribution in [-0.2, 0) is 0 Å². The molecule has 0 heterocycles. The Hall–Kier alpha value is -0.0400. The van der Waals surface area contributed by atoms with Crippen LogP contribution < -0.4 is 0 Å². The fourth-order valence-corrected chi connectivity index (χ4v) is 0.996. The van der Waals surface area contributed by atoms with Crippen molar-refractivity contribution in [3.05, 3.63) is 0 Å². The van der Waals surface area contributed by atoms with Crippen molar-refractivity contribution in [2.24, 2.45) is 11.8 Å². The molecule has 0 saturated heterocycles. The Kier molecular flexibility index (Phi) is 3.37. The molecular formula is C9H20O. The van der Waals surface area contributed by atoms with Crippen LogP contribution in [0.3, 0.4) is 0 Å². The van der Waals surface area contributed by atoms with Gasteiger partial charge in [0.25, 0.3) is 0 Å². The molecule has 0 aliphatic rings. The molecule has 0 radical (unpaired) electrons. The molecule has 0 saturated carbocycles. The minimum atomic E-state index is -0.510. The average molecular weight is 144 g/mol. The molecule has 1 atom stereocenters. The molecule has 10 heavy (non-hydrogen) atoms. The summed E-state index contributed by atoms with van der Waals surface area (Å²) < 4.78 is 0. The molecule has 0 aromatic carbocycles. The van der Waals surface area contributed by atoms with Gasteiger partial charge in [-0.3, -0.25) is 0 Å². The van der Waals surface area contributed by atoms with Crippen LogP contribution in [0.5, 0.6) is 0 Å². The van der Waals surface area contributed by atoms with Crippen LogP contribution >= 0.6 is 0 Å². The summed E-state index contributed by atoms with van der Waals surface area (Å²) in [4.78, 5) is 0. The summed E-state index contributed by atoms with van der Waals surface area (Å²) in [6.45, 7) is 10.2. The molecule has 1 unspecified atom stereocenters. The van der Waals surface area contributed by atoms with E-state index in [4.69, 9.17) is 0 Å². The van der Waals surface area contributed by atoms with E-state index in [9.17, 15) is 5.11 Å². The van der Waals surface area contributed by atoms with Gasteiger partial charge < -0.3 is 5.11 Å². The van der Waals surface area contributed by atoms with Gasteiger partial charge in [-0.05, 0) is 32.1 Å². The zero-order chi connectivity index (χ0) is 8.36. The highest BCUT2D eigenvalue weighted by Crippen LogP contribution is 2.22. The minimum absolute atomic E-state index is 0.396. The fourth-order valence-electron chi connectivity index (χ4n) is 0.996. The topological polar surface area (TPSA) is 20.2 Å². The van der Waals surface area contributed by atoms with Crippen molar-refractivity contribution in [2.75, 3.05) is 0 Å². The van der Waals surface area contributed by atoms with Crippen LogP contribution in [0.2, 0.25) is 0 Å². The van der Waals surface area contributed by atoms with E-state index in [0.717, 1.165) is 6.42 Å². The maximum Gasteiger partial charge on any atom is 0.0617 e. The monoisotopic (exact) mass is 144 g/mol. The molecule has 1 nitrogen and oxygen atoms in total. The molecule has 0 aliphatic carbocycles. The summed E-state index contributed by atoms with van der Waals surface area (Å²) in [5, 5.41) is 9.54. The molecule has 0 spiro atoms. The van der Waals surface area contributed by atoms with Crippen LogP contribution in [0.4, 0.5) is 0 Å². The number of hydrogen-bond acceptors (Lipinski definition) is 1. The molecule has 0 aliphatic heterocycles. The van der Waals surface area contributed by atoms with E-state index >= 15 is 0 Å². The zero-order valence-electron chi connectivity index (χ0n) is 7.81. The minimum Gasteiger partial charge on any atom is -0.390 e. The first kappa shape index (κ1) is 9.96. The Morgan fingerprint density at radius 2 is 1.60 bits per heavy atom. The van der Waals surface area contributed by atoms with E-state index in [2.05, 4.69) is 20.8 Å². The molecule has 1 N–H and O–H groups in total. The van der Waals surface area contributed by atoms with Crippen LogP contribution in [0, 0.1) is 11.8 Å². The van der Waals surface area contributed by atoms with Gasteiger partial charge in [-0.15, -0.1) is 0 Å². The molecule has 0 aromatic rings. The number of hydrogen-bond donors (Lipinski definition) is 1. The maximum absolute atomic E-state index is 9.54. The first-order valence-electron chi connectivity index (χ1n) is 4.06. The van der Waals surface area contributed by atoms with Crippen molar-refractivity contribution < 1.29 is 5.11 Å². The quantitative estimate of drug-likeness (QED) is 0.645. The first-order chi connectivity index (χ1) is 4.34. The third-order valence-corrected chi connectivity index (χ3v) is 2.03. The Balaban J connectivity index is 3.73. The predicted octanol–water partition coefficient (Wildman–Crippen LogP) is 2.44. The summed E-state index contributed by atoms with van der Waals surface area (Å²) in [5.74, 6) is 1.08. The summed E-state index contributed by atoms with van der Waals surface area (Å²) in [7, 11) is 0. The third-order valence-electron chi connectivity index (χ3n) is 2.03. The van der Waals surface area contributed by atoms with Gasteiger partial charge in [-0.2, -0.15) is 0 Å². The second-order valence-corrected chi connectivity index (χ2v) is 4.18. The largest absolute Gasteiger partial charge is 0.390 e. The molecule has 0 rings (SSSR count). The van der Waals surface area contributed by atoms with Crippen molar-refractivity contribution in [2.45, 2.75) is 46.6 Å². The highest BCUT2D eigenvalue weighted by molar-refractivity contribution is 4.73. The first-order valence-corrected chi connectivity index (χ1v) is 4.06. The highest BCUT2D eigenvalue weighted by Gasteiger charge is 2.22. The Morgan fingerprint density at radius 3 is 1.70 bits per heavy atom. The smallest absolute Gasteiger partial charge is 0.0617 e. The fraction of sp³-hybridized carbons (Fsp3) is 1.00. The lowest BCUT2D eigenvalue weighted by Gasteiger charge is -2.27. The number of aliphatic hydroxyl groups is 1. The molecule has 1 heteroatoms. The van der Waals surface area contributed by atoms with Gasteiger partial charge >= 0.3 is 0 Å². The van der Waals surface area contributed by atoms with E-state index in [1.807, 2.05) is 13.8 Å². The van der Waals surface area contributed by atoms with Crippen LogP contribution in [-0.4, -0.2) is 10.7 Å². The van der Waals surface area contributed by atoms with Gasteiger partial charge in [-0.25, -0.2) is 0 Å². The standard InChI is InChI=1S/C9H20O/c1-7(2)6-8(3)9(4,5)10/h7-8,10H,6H2,1-5H3. The zero-order valence-corrected chi connectivity index (χ0v) is 7.81. The molecule has 0 amide bonds. The van der Waals surface area contributed by atoms with Crippen LogP contribution in [0.1, 0.15) is 41.0 Å². The predicted molar refractivity (Wildman–Crippen MR) is 44.9 cm³/mol. The molecule has 0 bridgehead atoms. The van der Waals surface area contributed by atoms with Gasteiger partial charge in [0.2, 0.25) is 0 Å². The van der Waals surface area contributed by atoms with E-state index in [1.165, 1.54) is 0 Å². The lowest BCUT2D eigenvalue weighted by molar-refractivity contribution is 0.0163. The van der Waals surface area contributed by atoms with Crippen molar-refractivity contribution in [3.8, 4) is 0 Å². The van der Waals surface area contributed by atoms with Gasteiger partial charge in [0, 0.05) is 0 Å². The van der Waals surface area contributed by atoms with E-state index in [0.29, 0.717) is 11.8 Å². The van der Waals surface area contributed by atoms with Crippen LogP contribution in [0.15, 0.2) is 0 Å². The highest BCUT2D eigenvalue weighted by atomic mass is 16.3. The Bertz CT molecular complexity index is 89.4. The van der Waals surface area contributed by atoms with Gasteiger partial charge in [0.05, 0.1) is 5.60 Å². The van der Waals surface area contributed by atoms with Crippen molar-refractivity contribution in [3.63, 3.8) is 0 Å². The van der Waals surface area contributed by atoms with E-state index < -0.39 is 5.60 Å². The lowest BCUT2D eigenvalue weighted by Crippen LogP contribution is -2.29. The van der Waals surface area contributed by atoms with Crippen molar-refractivity contribution in [1.82, 2.24) is 0 Å². The molecule has 0 aromatic heterocycles. The summed E-state index contributed by atoms with van der Waals surface area (Å²) >= 11 is 0. The van der Waals surface area contributed by atoms with Crippen LogP contribution in [0.25, 0.3) is 0 Å². The molecule has 62 valence electrons. The summed E-state index contributed by atoms with van der Waals surface area (Å²) in [6.07, 6.45) is 1.10. The van der Waals surface area contributed by atoms with Gasteiger partial charge in [-0.1, -0.05) is 20.8 Å². The van der Waals surface area contributed by atoms with Crippen molar-refractivity contribution in [1.29, 1.82) is 0 Å². The SMILES string of the molecule is CC(C)CC(C)C(C)(C)O. The summed E-state index contributed by atoms with van der Waals surface area (Å²) in [5.41, 5.74) is -0.510. The molecule has 0 fully saturated rings.